The maximum atomic E-state index is 2.23. The molecule has 0 radical (unpaired) electrons. The normalized spacial score (nSPS) is 6.67. The van der Waals surface area contributed by atoms with Crippen molar-refractivity contribution in [3.63, 3.8) is 0 Å². The van der Waals surface area contributed by atoms with E-state index in [1.807, 2.05) is 0 Å². The van der Waals surface area contributed by atoms with Crippen molar-refractivity contribution in [2.24, 2.45) is 0 Å². The summed E-state index contributed by atoms with van der Waals surface area (Å²) in [5.74, 6) is 0. The largest absolute Gasteiger partial charge is 0.870 e. The van der Waals surface area contributed by atoms with Gasteiger partial charge < -0.3 is 5.48 Å². The Morgan fingerprint density at radius 3 is 2.00 bits per heavy atom. The van der Waals surface area contributed by atoms with Gasteiger partial charge in [-0.2, -0.15) is 0 Å². The van der Waals surface area contributed by atoms with Crippen molar-refractivity contribution < 1.29 is 30.2 Å². The van der Waals surface area contributed by atoms with Crippen LogP contribution in [-0.4, -0.2) is 5.48 Å². The van der Waals surface area contributed by atoms with Gasteiger partial charge in [-0.15, -0.1) is 0 Å². The van der Waals surface area contributed by atoms with Gasteiger partial charge in [0.1, 0.15) is 0 Å². The first-order valence-electron chi connectivity index (χ1n) is 2.06. The van der Waals surface area contributed by atoms with Gasteiger partial charge in [-0.1, -0.05) is 0 Å². The minimum absolute atomic E-state index is 0. The number of unbranched alkanes of at least 4 members (excludes halogenated alkanes) is 1. The average Bonchev–Trinajstić information content (AvgIpc) is 1.41. The van der Waals surface area contributed by atoms with Gasteiger partial charge in [-0.25, -0.2) is 0 Å². The zero-order valence-corrected chi connectivity index (χ0v) is 6.53. The van der Waals surface area contributed by atoms with Crippen LogP contribution in [0, 0.1) is 0 Å². The topological polar surface area (TPSA) is 30.0 Å². The van der Waals surface area contributed by atoms with E-state index in [9.17, 15) is 0 Å². The predicted molar refractivity (Wildman–Crippen MR) is 21.7 cm³/mol. The molecule has 0 aliphatic rings. The summed E-state index contributed by atoms with van der Waals surface area (Å²) in [5, 5.41) is 0. The summed E-state index contributed by atoms with van der Waals surface area (Å²) < 4.78 is 1.43. The van der Waals surface area contributed by atoms with Gasteiger partial charge in [0.2, 0.25) is 0 Å². The molecule has 0 aliphatic carbocycles. The third kappa shape index (κ3) is 8.85. The van der Waals surface area contributed by atoms with Gasteiger partial charge in [-0.3, -0.25) is 0 Å². The Kier molecular flexibility index (Phi) is 15.4. The van der Waals surface area contributed by atoms with E-state index in [2.05, 4.69) is 6.92 Å². The summed E-state index contributed by atoms with van der Waals surface area (Å²) in [6.07, 6.45) is 2.80. The zero-order chi connectivity index (χ0) is 4.12. The maximum Gasteiger partial charge on any atom is -0.870 e. The van der Waals surface area contributed by atoms with Gasteiger partial charge in [0.15, 0.2) is 0 Å². The van der Waals surface area contributed by atoms with Gasteiger partial charge in [-0.05, 0) is 0 Å². The van der Waals surface area contributed by atoms with Gasteiger partial charge in [0, 0.05) is 0 Å². The van der Waals surface area contributed by atoms with E-state index >= 15 is 0 Å². The Bertz CT molecular complexity index is 15.0. The molecule has 0 amide bonds. The van der Waals surface area contributed by atoms with E-state index in [0.29, 0.717) is 0 Å². The Balaban J connectivity index is 0. The standard InChI is InChI=1S/C4H9.H2O.Zr/c1-3-4-2;;/h1,3-4H2,2H3;1H2;/q;;+1/p-1. The third-order valence-electron chi connectivity index (χ3n) is 0.530. The van der Waals surface area contributed by atoms with Gasteiger partial charge >= 0.3 is 48.6 Å². The van der Waals surface area contributed by atoms with Crippen LogP contribution in [0.15, 0.2) is 0 Å². The first-order valence-corrected chi connectivity index (χ1v) is 3.80. The molecule has 6 heavy (non-hydrogen) atoms. The van der Waals surface area contributed by atoms with Crippen LogP contribution in [0.25, 0.3) is 0 Å². The molecule has 36 valence electrons. The van der Waals surface area contributed by atoms with Crippen molar-refractivity contribution >= 4 is 0 Å². The van der Waals surface area contributed by atoms with E-state index in [4.69, 9.17) is 0 Å². The van der Waals surface area contributed by atoms with Crippen LogP contribution >= 0.6 is 0 Å². The van der Waals surface area contributed by atoms with Crippen molar-refractivity contribution in [1.82, 2.24) is 0 Å². The van der Waals surface area contributed by atoms with Crippen molar-refractivity contribution in [2.45, 2.75) is 23.9 Å². The van der Waals surface area contributed by atoms with E-state index in [0.717, 1.165) is 0 Å². The Morgan fingerprint density at radius 2 is 2.00 bits per heavy atom. The molecule has 0 atom stereocenters. The molecular formula is C4H10OZr. The molecule has 0 aliphatic heterocycles. The van der Waals surface area contributed by atoms with Crippen LogP contribution in [0.5, 0.6) is 0 Å². The molecule has 0 saturated carbocycles. The molecule has 0 saturated heterocycles. The second-order valence-corrected chi connectivity index (χ2v) is 2.33. The maximum absolute atomic E-state index is 2.23. The first-order chi connectivity index (χ1) is 2.41. The quantitative estimate of drug-likeness (QED) is 0.611. The summed E-state index contributed by atoms with van der Waals surface area (Å²) in [7, 11) is 0. The summed E-state index contributed by atoms with van der Waals surface area (Å²) in [4.78, 5) is 0. The second-order valence-electron chi connectivity index (χ2n) is 1.10. The molecule has 0 unspecified atom stereocenters. The molecule has 0 aromatic rings. The summed E-state index contributed by atoms with van der Waals surface area (Å²) >= 11 is 1.68. The van der Waals surface area contributed by atoms with E-state index in [1.54, 1.807) is 24.7 Å². The van der Waals surface area contributed by atoms with Crippen LogP contribution in [0.4, 0.5) is 0 Å². The second kappa shape index (κ2) is 9.28. The van der Waals surface area contributed by atoms with Crippen LogP contribution in [0.3, 0.4) is 0 Å². The van der Waals surface area contributed by atoms with E-state index < -0.39 is 0 Å². The van der Waals surface area contributed by atoms with Crippen LogP contribution < -0.4 is 0 Å². The summed E-state index contributed by atoms with van der Waals surface area (Å²) in [6, 6.07) is 0. The predicted octanol–water partition coefficient (Wildman–Crippen LogP) is 1.57. The molecule has 0 fully saturated rings. The smallest absolute Gasteiger partial charge is 0.870 e. The molecule has 0 rings (SSSR count). The number of hydrogen-bond donors (Lipinski definition) is 0. The first kappa shape index (κ1) is 9.96. The molecule has 0 spiro atoms. The van der Waals surface area contributed by atoms with Crippen LogP contribution in [0.1, 0.15) is 19.8 Å². The number of rotatable bonds is 2. The zero-order valence-electron chi connectivity index (χ0n) is 4.07. The fourth-order valence-electron chi connectivity index (χ4n) is 0.177. The molecule has 0 aromatic carbocycles. The Hall–Kier alpha value is 0.843. The SMILES string of the molecule is CCC[CH2][Zr+].[OH-]. The van der Waals surface area contributed by atoms with Gasteiger partial charge in [0.05, 0.1) is 0 Å². The fraction of sp³-hybridized carbons (Fsp3) is 1.00. The molecule has 1 nitrogen and oxygen atoms in total. The van der Waals surface area contributed by atoms with E-state index in [-0.39, 0.29) is 5.48 Å². The molecule has 2 heteroatoms. The average molecular weight is 165 g/mol. The molecule has 0 bridgehead atoms. The Morgan fingerprint density at radius 1 is 1.50 bits per heavy atom. The molecule has 1 N–H and O–H groups in total. The summed E-state index contributed by atoms with van der Waals surface area (Å²) in [5.41, 5.74) is 0. The van der Waals surface area contributed by atoms with E-state index in [1.165, 1.54) is 17.0 Å². The van der Waals surface area contributed by atoms with Crippen molar-refractivity contribution in [3.8, 4) is 0 Å². The third-order valence-corrected chi connectivity index (χ3v) is 1.40. The van der Waals surface area contributed by atoms with Crippen molar-refractivity contribution in [3.05, 3.63) is 0 Å². The minimum atomic E-state index is 0. The van der Waals surface area contributed by atoms with Gasteiger partial charge in [0.25, 0.3) is 0 Å². The monoisotopic (exact) mass is 164 g/mol. The summed E-state index contributed by atoms with van der Waals surface area (Å²) in [6.45, 7) is 2.23. The Labute approximate surface area is 54.3 Å². The number of hydrogen-bond acceptors (Lipinski definition) is 1. The minimum Gasteiger partial charge on any atom is -0.870 e. The molecule has 0 aromatic heterocycles. The molecular weight excluding hydrogens is 155 g/mol. The van der Waals surface area contributed by atoms with Crippen LogP contribution in [0.2, 0.25) is 4.13 Å². The fourth-order valence-corrected chi connectivity index (χ4v) is 1.05. The van der Waals surface area contributed by atoms with Crippen molar-refractivity contribution in [2.75, 3.05) is 0 Å². The van der Waals surface area contributed by atoms with Crippen molar-refractivity contribution in [1.29, 1.82) is 0 Å². The van der Waals surface area contributed by atoms with Crippen LogP contribution in [-0.2, 0) is 24.7 Å². The molecule has 0 heterocycles.